The molecule has 2 aromatic rings. The minimum Gasteiger partial charge on any atom is -0.462 e. The molecular formula is C18H12BrClO3. The lowest BCUT2D eigenvalue weighted by atomic mass is 9.97. The van der Waals surface area contributed by atoms with Crippen LogP contribution in [0, 0.1) is 0 Å². The van der Waals surface area contributed by atoms with Crippen LogP contribution in [0.2, 0.25) is 5.02 Å². The number of benzene rings is 2. The molecule has 1 aliphatic rings. The molecule has 0 atom stereocenters. The van der Waals surface area contributed by atoms with Crippen molar-refractivity contribution in [1.82, 2.24) is 0 Å². The quantitative estimate of drug-likeness (QED) is 0.564. The lowest BCUT2D eigenvalue weighted by Crippen LogP contribution is -2.14. The van der Waals surface area contributed by atoms with Crippen molar-refractivity contribution in [2.45, 2.75) is 6.92 Å². The van der Waals surface area contributed by atoms with E-state index in [2.05, 4.69) is 15.9 Å². The van der Waals surface area contributed by atoms with Crippen molar-refractivity contribution in [3.8, 4) is 0 Å². The molecule has 3 nitrogen and oxygen atoms in total. The summed E-state index contributed by atoms with van der Waals surface area (Å²) in [4.78, 5) is 25.1. The molecule has 0 saturated carbocycles. The van der Waals surface area contributed by atoms with Gasteiger partial charge in [0.2, 0.25) is 5.78 Å². The average molecular weight is 392 g/mol. The molecule has 23 heavy (non-hydrogen) atoms. The van der Waals surface area contributed by atoms with Gasteiger partial charge in [0.25, 0.3) is 0 Å². The fourth-order valence-electron chi connectivity index (χ4n) is 2.65. The molecule has 0 fully saturated rings. The Morgan fingerprint density at radius 2 is 1.87 bits per heavy atom. The number of hydrogen-bond acceptors (Lipinski definition) is 3. The van der Waals surface area contributed by atoms with Crippen molar-refractivity contribution < 1.29 is 14.3 Å². The zero-order valence-corrected chi connectivity index (χ0v) is 14.6. The third kappa shape index (κ3) is 2.73. The van der Waals surface area contributed by atoms with Gasteiger partial charge in [-0.1, -0.05) is 51.8 Å². The van der Waals surface area contributed by atoms with Crippen molar-refractivity contribution >= 4 is 44.9 Å². The van der Waals surface area contributed by atoms with Gasteiger partial charge in [0.1, 0.15) is 5.57 Å². The number of carbonyl (C=O) groups is 2. The number of carbonyl (C=O) groups excluding carboxylic acids is 2. The van der Waals surface area contributed by atoms with Gasteiger partial charge >= 0.3 is 5.97 Å². The van der Waals surface area contributed by atoms with E-state index in [0.717, 1.165) is 10.0 Å². The summed E-state index contributed by atoms with van der Waals surface area (Å²) in [7, 11) is 0. The Morgan fingerprint density at radius 3 is 2.57 bits per heavy atom. The Kier molecular flexibility index (Phi) is 4.37. The van der Waals surface area contributed by atoms with Crippen molar-refractivity contribution in [3.05, 3.63) is 74.2 Å². The predicted molar refractivity (Wildman–Crippen MR) is 92.6 cm³/mol. The molecule has 0 N–H and O–H groups in total. The largest absolute Gasteiger partial charge is 0.462 e. The van der Waals surface area contributed by atoms with Gasteiger partial charge in [-0.3, -0.25) is 4.79 Å². The van der Waals surface area contributed by atoms with Crippen molar-refractivity contribution in [2.75, 3.05) is 6.61 Å². The minimum absolute atomic E-state index is 0.0519. The predicted octanol–water partition coefficient (Wildman–Crippen LogP) is 4.66. The van der Waals surface area contributed by atoms with Crippen LogP contribution in [0.5, 0.6) is 0 Å². The van der Waals surface area contributed by atoms with Gasteiger partial charge in [0, 0.05) is 20.6 Å². The maximum Gasteiger partial charge on any atom is 0.342 e. The van der Waals surface area contributed by atoms with E-state index in [1.54, 1.807) is 25.1 Å². The molecule has 0 saturated heterocycles. The van der Waals surface area contributed by atoms with Gasteiger partial charge in [-0.25, -0.2) is 4.79 Å². The van der Waals surface area contributed by atoms with Crippen LogP contribution in [0.15, 0.2) is 52.5 Å². The summed E-state index contributed by atoms with van der Waals surface area (Å²) in [6, 6.07) is 12.5. The molecular weight excluding hydrogens is 380 g/mol. The topological polar surface area (TPSA) is 43.4 Å². The molecule has 0 spiro atoms. The maximum atomic E-state index is 12.7. The summed E-state index contributed by atoms with van der Waals surface area (Å²) in [6.07, 6.45) is 0. The smallest absolute Gasteiger partial charge is 0.342 e. The second kappa shape index (κ2) is 6.30. The summed E-state index contributed by atoms with van der Waals surface area (Å²) in [5.41, 5.74) is 2.51. The zero-order valence-electron chi connectivity index (χ0n) is 12.2. The molecule has 0 heterocycles. The summed E-state index contributed by atoms with van der Waals surface area (Å²) in [6.45, 7) is 1.91. The highest BCUT2D eigenvalue weighted by atomic mass is 79.9. The Morgan fingerprint density at radius 1 is 1.13 bits per heavy atom. The first-order valence-electron chi connectivity index (χ1n) is 7.05. The first kappa shape index (κ1) is 16.0. The average Bonchev–Trinajstić information content (AvgIpc) is 2.81. The summed E-state index contributed by atoms with van der Waals surface area (Å²) in [5.74, 6) is -0.970. The minimum atomic E-state index is -0.615. The molecule has 0 amide bonds. The monoisotopic (exact) mass is 390 g/mol. The standard InChI is InChI=1S/C18H12BrClO3/c1-2-23-18(22)16-15(12-5-3-4-6-14(12)19)11-8-7-10(20)9-13(11)17(16)21/h3-9H,2H2,1H3. The van der Waals surface area contributed by atoms with E-state index in [1.165, 1.54) is 0 Å². The number of ketones is 1. The number of hydrogen-bond donors (Lipinski definition) is 0. The summed E-state index contributed by atoms with van der Waals surface area (Å²) in [5, 5.41) is 0.452. The highest BCUT2D eigenvalue weighted by Crippen LogP contribution is 2.41. The van der Waals surface area contributed by atoms with Crippen LogP contribution in [0.4, 0.5) is 0 Å². The third-order valence-corrected chi connectivity index (χ3v) is 4.52. The van der Waals surface area contributed by atoms with Gasteiger partial charge in [0.15, 0.2) is 0 Å². The van der Waals surface area contributed by atoms with Gasteiger partial charge in [-0.15, -0.1) is 0 Å². The fourth-order valence-corrected chi connectivity index (χ4v) is 3.30. The molecule has 3 rings (SSSR count). The zero-order chi connectivity index (χ0) is 16.6. The van der Waals surface area contributed by atoms with Crippen LogP contribution in [0.25, 0.3) is 5.57 Å². The van der Waals surface area contributed by atoms with Crippen LogP contribution < -0.4 is 0 Å². The molecule has 0 unspecified atom stereocenters. The number of ether oxygens (including phenoxy) is 1. The number of rotatable bonds is 3. The number of esters is 1. The van der Waals surface area contributed by atoms with Crippen molar-refractivity contribution in [2.24, 2.45) is 0 Å². The molecule has 5 heteroatoms. The maximum absolute atomic E-state index is 12.7. The van der Waals surface area contributed by atoms with E-state index in [9.17, 15) is 9.59 Å². The SMILES string of the molecule is CCOC(=O)C1=C(c2ccccc2Br)c2ccc(Cl)cc2C1=O. The molecule has 1 aliphatic carbocycles. The Bertz CT molecular complexity index is 855. The molecule has 116 valence electrons. The number of fused-ring (bicyclic) bond motifs is 1. The van der Waals surface area contributed by atoms with Gasteiger partial charge in [-0.05, 0) is 36.2 Å². The van der Waals surface area contributed by atoms with E-state index < -0.39 is 5.97 Å². The normalized spacial score (nSPS) is 13.3. The van der Waals surface area contributed by atoms with Gasteiger partial charge in [0.05, 0.1) is 6.61 Å². The second-order valence-electron chi connectivity index (χ2n) is 4.97. The van der Waals surface area contributed by atoms with Crippen LogP contribution in [0.1, 0.15) is 28.4 Å². The van der Waals surface area contributed by atoms with Crippen LogP contribution in [-0.2, 0) is 9.53 Å². The molecule has 0 aromatic heterocycles. The van der Waals surface area contributed by atoms with E-state index in [-0.39, 0.29) is 18.0 Å². The van der Waals surface area contributed by atoms with Gasteiger partial charge in [-0.2, -0.15) is 0 Å². The highest BCUT2D eigenvalue weighted by molar-refractivity contribution is 9.10. The van der Waals surface area contributed by atoms with Crippen LogP contribution in [0.3, 0.4) is 0 Å². The van der Waals surface area contributed by atoms with Crippen molar-refractivity contribution in [1.29, 1.82) is 0 Å². The summed E-state index contributed by atoms with van der Waals surface area (Å²) >= 11 is 9.49. The fraction of sp³-hybridized carbons (Fsp3) is 0.111. The number of halogens is 2. The Balaban J connectivity index is 2.30. The highest BCUT2D eigenvalue weighted by Gasteiger charge is 2.36. The second-order valence-corrected chi connectivity index (χ2v) is 6.26. The molecule has 0 aliphatic heterocycles. The number of Topliss-reactive ketones (excluding diaryl/α,β-unsaturated/α-hetero) is 1. The van der Waals surface area contributed by atoms with E-state index in [1.807, 2.05) is 24.3 Å². The molecule has 2 aromatic carbocycles. The van der Waals surface area contributed by atoms with Crippen molar-refractivity contribution in [3.63, 3.8) is 0 Å². The molecule has 0 bridgehead atoms. The Labute approximate surface area is 147 Å². The summed E-state index contributed by atoms with van der Waals surface area (Å²) < 4.78 is 5.88. The van der Waals surface area contributed by atoms with Crippen LogP contribution >= 0.6 is 27.5 Å². The first-order valence-corrected chi connectivity index (χ1v) is 8.22. The first-order chi connectivity index (χ1) is 11.0. The van der Waals surface area contributed by atoms with Gasteiger partial charge < -0.3 is 4.74 Å². The van der Waals surface area contributed by atoms with E-state index >= 15 is 0 Å². The lowest BCUT2D eigenvalue weighted by Gasteiger charge is -2.10. The third-order valence-electron chi connectivity index (χ3n) is 3.60. The molecule has 0 radical (unpaired) electrons. The van der Waals surface area contributed by atoms with E-state index in [0.29, 0.717) is 21.7 Å². The van der Waals surface area contributed by atoms with Crippen LogP contribution in [-0.4, -0.2) is 18.4 Å². The Hall–Kier alpha value is -1.91. The van der Waals surface area contributed by atoms with E-state index in [4.69, 9.17) is 16.3 Å². The lowest BCUT2D eigenvalue weighted by molar-refractivity contribution is -0.137.